The molecule has 76 valence electrons. The van der Waals surface area contributed by atoms with E-state index in [9.17, 15) is 4.79 Å². The lowest BCUT2D eigenvalue weighted by Gasteiger charge is -2.04. The summed E-state index contributed by atoms with van der Waals surface area (Å²) in [7, 11) is 0. The van der Waals surface area contributed by atoms with Crippen molar-refractivity contribution in [3.63, 3.8) is 0 Å². The molecule has 0 fully saturated rings. The lowest BCUT2D eigenvalue weighted by atomic mass is 10.1. The van der Waals surface area contributed by atoms with Crippen molar-refractivity contribution >= 4 is 15.9 Å². The summed E-state index contributed by atoms with van der Waals surface area (Å²) >= 11 is 3.42. The normalized spacial score (nSPS) is 10.3. The lowest BCUT2D eigenvalue weighted by molar-refractivity contribution is 0.521. The van der Waals surface area contributed by atoms with Crippen LogP contribution in [0.4, 0.5) is 0 Å². The first-order chi connectivity index (χ1) is 7.18. The Morgan fingerprint density at radius 3 is 2.53 bits per heavy atom. The predicted molar refractivity (Wildman–Crippen MR) is 62.9 cm³/mol. The fourth-order valence-corrected chi connectivity index (χ4v) is 1.79. The molecule has 0 aliphatic heterocycles. The van der Waals surface area contributed by atoms with Crippen LogP contribution in [0, 0.1) is 6.92 Å². The van der Waals surface area contributed by atoms with E-state index in [1.165, 1.54) is 6.07 Å². The second kappa shape index (κ2) is 4.03. The van der Waals surface area contributed by atoms with Gasteiger partial charge in [0.25, 0.3) is 0 Å². The van der Waals surface area contributed by atoms with Crippen LogP contribution >= 0.6 is 15.9 Å². The zero-order valence-corrected chi connectivity index (χ0v) is 9.74. The van der Waals surface area contributed by atoms with Crippen LogP contribution in [0.5, 0.6) is 0 Å². The zero-order valence-electron chi connectivity index (χ0n) is 8.16. The molecular weight excluding hydrogens is 256 g/mol. The van der Waals surface area contributed by atoms with E-state index in [0.717, 1.165) is 15.6 Å². The van der Waals surface area contributed by atoms with Gasteiger partial charge in [0.1, 0.15) is 0 Å². The smallest absolute Gasteiger partial charge is 0.336 e. The molecule has 15 heavy (non-hydrogen) atoms. The van der Waals surface area contributed by atoms with Crippen LogP contribution in [0.25, 0.3) is 11.3 Å². The summed E-state index contributed by atoms with van der Waals surface area (Å²) in [5, 5.41) is 0. The number of benzene rings is 1. The molecule has 0 saturated heterocycles. The molecule has 0 spiro atoms. The Balaban J connectivity index is 2.68. The minimum Gasteiger partial charge on any atom is -0.421 e. The molecule has 2 aromatic rings. The maximum atomic E-state index is 11.2. The number of hydrogen-bond donors (Lipinski definition) is 0. The summed E-state index contributed by atoms with van der Waals surface area (Å²) in [4.78, 5) is 11.2. The van der Waals surface area contributed by atoms with Gasteiger partial charge in [-0.05, 0) is 28.4 Å². The highest BCUT2D eigenvalue weighted by Gasteiger charge is 2.09. The van der Waals surface area contributed by atoms with Crippen LogP contribution in [0.2, 0.25) is 0 Å². The van der Waals surface area contributed by atoms with Crippen molar-refractivity contribution in [3.8, 4) is 11.3 Å². The molecule has 0 N–H and O–H groups in total. The van der Waals surface area contributed by atoms with Crippen LogP contribution in [0.3, 0.4) is 0 Å². The number of rotatable bonds is 1. The Morgan fingerprint density at radius 1 is 1.20 bits per heavy atom. The number of hydrogen-bond acceptors (Lipinski definition) is 2. The average molecular weight is 265 g/mol. The van der Waals surface area contributed by atoms with Crippen LogP contribution in [0.1, 0.15) is 5.56 Å². The fraction of sp³-hybridized carbons (Fsp3) is 0.0833. The van der Waals surface area contributed by atoms with Crippen molar-refractivity contribution < 1.29 is 4.42 Å². The summed E-state index contributed by atoms with van der Waals surface area (Å²) in [6, 6.07) is 11.0. The second-order valence-electron chi connectivity index (χ2n) is 3.26. The summed E-state index contributed by atoms with van der Waals surface area (Å²) in [6.45, 7) is 1.87. The maximum absolute atomic E-state index is 11.2. The molecule has 1 aromatic heterocycles. The monoisotopic (exact) mass is 264 g/mol. The quantitative estimate of drug-likeness (QED) is 0.791. The van der Waals surface area contributed by atoms with E-state index < -0.39 is 0 Å². The topological polar surface area (TPSA) is 30.2 Å². The third-order valence-corrected chi connectivity index (χ3v) is 3.10. The molecular formula is C12H9BrO2. The summed E-state index contributed by atoms with van der Waals surface area (Å²) < 4.78 is 6.00. The second-order valence-corrected chi connectivity index (χ2v) is 4.05. The number of halogens is 1. The molecule has 0 aliphatic rings. The Kier molecular flexibility index (Phi) is 2.73. The van der Waals surface area contributed by atoms with E-state index in [-0.39, 0.29) is 5.63 Å². The molecule has 0 unspecified atom stereocenters. The molecule has 0 aliphatic carbocycles. The first-order valence-electron chi connectivity index (χ1n) is 4.54. The largest absolute Gasteiger partial charge is 0.421 e. The minimum absolute atomic E-state index is 0.324. The lowest BCUT2D eigenvalue weighted by Crippen LogP contribution is -1.99. The molecule has 2 nitrogen and oxygen atoms in total. The molecule has 0 atom stereocenters. The third-order valence-electron chi connectivity index (χ3n) is 2.12. The van der Waals surface area contributed by atoms with Gasteiger partial charge >= 0.3 is 5.63 Å². The number of aryl methyl sites for hydroxylation is 1. The van der Waals surface area contributed by atoms with Gasteiger partial charge in [-0.15, -0.1) is 0 Å². The summed E-state index contributed by atoms with van der Waals surface area (Å²) in [5.74, 6) is 0.584. The minimum atomic E-state index is -0.324. The fourth-order valence-electron chi connectivity index (χ4n) is 1.37. The Hall–Kier alpha value is -1.35. The van der Waals surface area contributed by atoms with Crippen molar-refractivity contribution in [1.29, 1.82) is 0 Å². The van der Waals surface area contributed by atoms with Gasteiger partial charge < -0.3 is 4.42 Å². The SMILES string of the molecule is Cc1cc(=O)oc(-c2ccccc2)c1Br. The van der Waals surface area contributed by atoms with E-state index in [1.54, 1.807) is 0 Å². The Labute approximate surface area is 95.7 Å². The van der Waals surface area contributed by atoms with Crippen LogP contribution in [-0.2, 0) is 0 Å². The molecule has 0 saturated carbocycles. The van der Waals surface area contributed by atoms with Crippen molar-refractivity contribution in [2.75, 3.05) is 0 Å². The van der Waals surface area contributed by atoms with Gasteiger partial charge in [-0.2, -0.15) is 0 Å². The first-order valence-corrected chi connectivity index (χ1v) is 5.33. The van der Waals surface area contributed by atoms with Gasteiger partial charge in [0, 0.05) is 11.6 Å². The molecule has 0 radical (unpaired) electrons. The molecule has 2 rings (SSSR count). The van der Waals surface area contributed by atoms with E-state index >= 15 is 0 Å². The first kappa shape index (κ1) is 10.2. The van der Waals surface area contributed by atoms with Crippen LogP contribution in [-0.4, -0.2) is 0 Å². The third kappa shape index (κ3) is 2.02. The van der Waals surface area contributed by atoms with Gasteiger partial charge in [0.2, 0.25) is 0 Å². The van der Waals surface area contributed by atoms with Crippen molar-refractivity contribution in [2.45, 2.75) is 6.92 Å². The van der Waals surface area contributed by atoms with Crippen molar-refractivity contribution in [1.82, 2.24) is 0 Å². The van der Waals surface area contributed by atoms with E-state index in [2.05, 4.69) is 15.9 Å². The summed E-state index contributed by atoms with van der Waals surface area (Å²) in [6.07, 6.45) is 0. The maximum Gasteiger partial charge on any atom is 0.336 e. The predicted octanol–water partition coefficient (Wildman–Crippen LogP) is 3.38. The van der Waals surface area contributed by atoms with Gasteiger partial charge in [-0.25, -0.2) is 4.79 Å². The van der Waals surface area contributed by atoms with Gasteiger partial charge in [0.15, 0.2) is 5.76 Å². The van der Waals surface area contributed by atoms with Gasteiger partial charge in [0.05, 0.1) is 4.47 Å². The van der Waals surface area contributed by atoms with E-state index in [4.69, 9.17) is 4.42 Å². The highest BCUT2D eigenvalue weighted by atomic mass is 79.9. The van der Waals surface area contributed by atoms with Gasteiger partial charge in [-0.1, -0.05) is 30.3 Å². The van der Waals surface area contributed by atoms with E-state index in [1.807, 2.05) is 37.3 Å². The highest BCUT2D eigenvalue weighted by molar-refractivity contribution is 9.10. The molecule has 1 aromatic carbocycles. The average Bonchev–Trinajstić information content (AvgIpc) is 2.24. The zero-order chi connectivity index (χ0) is 10.8. The van der Waals surface area contributed by atoms with Gasteiger partial charge in [-0.3, -0.25) is 0 Å². The molecule has 3 heteroatoms. The molecule has 0 amide bonds. The van der Waals surface area contributed by atoms with E-state index in [0.29, 0.717) is 5.76 Å². The summed E-state index contributed by atoms with van der Waals surface area (Å²) in [5.41, 5.74) is 1.45. The van der Waals surface area contributed by atoms with Crippen molar-refractivity contribution in [2.24, 2.45) is 0 Å². The standard InChI is InChI=1S/C12H9BrO2/c1-8-7-10(14)15-12(11(8)13)9-5-3-2-4-6-9/h2-7H,1H3. The Morgan fingerprint density at radius 2 is 1.87 bits per heavy atom. The van der Waals surface area contributed by atoms with Crippen LogP contribution < -0.4 is 5.63 Å². The molecule has 1 heterocycles. The molecule has 0 bridgehead atoms. The Bertz CT molecular complexity index is 529. The highest BCUT2D eigenvalue weighted by Crippen LogP contribution is 2.28. The van der Waals surface area contributed by atoms with Crippen molar-refractivity contribution in [3.05, 3.63) is 56.9 Å². The van der Waals surface area contributed by atoms with Crippen LogP contribution in [0.15, 0.2) is 50.1 Å².